The molecule has 2 aromatic carbocycles. The Bertz CT molecular complexity index is 723. The van der Waals surface area contributed by atoms with Gasteiger partial charge in [0.05, 0.1) is 5.69 Å². The van der Waals surface area contributed by atoms with Gasteiger partial charge in [-0.15, -0.1) is 0 Å². The molecular formula is C18H19FN2O2. The summed E-state index contributed by atoms with van der Waals surface area (Å²) in [5, 5.41) is 2.60. The molecule has 0 unspecified atom stereocenters. The van der Waals surface area contributed by atoms with E-state index < -0.39 is 5.82 Å². The minimum Gasteiger partial charge on any atom is -0.324 e. The normalized spacial score (nSPS) is 10.3. The second-order valence-corrected chi connectivity index (χ2v) is 5.40. The van der Waals surface area contributed by atoms with Gasteiger partial charge in [0, 0.05) is 12.6 Å². The fraction of sp³-hybridized carbons (Fsp3) is 0.222. The number of hydrogen-bond donors (Lipinski definition) is 1. The summed E-state index contributed by atoms with van der Waals surface area (Å²) in [5.74, 6) is -1.04. The van der Waals surface area contributed by atoms with Crippen molar-refractivity contribution in [1.29, 1.82) is 0 Å². The number of carbonyl (C=O) groups excluding carboxylic acids is 2. The second-order valence-electron chi connectivity index (χ2n) is 5.40. The third-order valence-electron chi connectivity index (χ3n) is 3.50. The highest BCUT2D eigenvalue weighted by molar-refractivity contribution is 6.02. The summed E-state index contributed by atoms with van der Waals surface area (Å²) in [6.45, 7) is 5.07. The molecule has 0 aliphatic carbocycles. The maximum Gasteiger partial charge on any atom is 0.244 e. The zero-order valence-corrected chi connectivity index (χ0v) is 13.4. The van der Waals surface area contributed by atoms with Crippen LogP contribution in [0.3, 0.4) is 0 Å². The van der Waals surface area contributed by atoms with E-state index in [-0.39, 0.29) is 18.4 Å². The van der Waals surface area contributed by atoms with E-state index in [0.29, 0.717) is 5.69 Å². The Hall–Kier alpha value is -2.69. The van der Waals surface area contributed by atoms with Crippen LogP contribution in [0, 0.1) is 19.7 Å². The predicted molar refractivity (Wildman–Crippen MR) is 89.0 cm³/mol. The standard InChI is InChI=1S/C18H19FN2O2/c1-12-6-4-7-13(2)18(12)21(14(3)22)11-17(23)20-16-9-5-8-15(19)10-16/h4-10H,11H2,1-3H3,(H,20,23). The number of anilines is 2. The Kier molecular flexibility index (Phi) is 5.11. The number of nitrogens with one attached hydrogen (secondary N) is 1. The first-order valence-electron chi connectivity index (χ1n) is 7.28. The van der Waals surface area contributed by atoms with Crippen molar-refractivity contribution in [3.05, 3.63) is 59.4 Å². The molecule has 0 spiro atoms. The molecule has 0 fully saturated rings. The molecule has 0 aliphatic heterocycles. The molecule has 2 aromatic rings. The lowest BCUT2D eigenvalue weighted by molar-refractivity contribution is -0.120. The number of rotatable bonds is 4. The monoisotopic (exact) mass is 314 g/mol. The average molecular weight is 314 g/mol. The third kappa shape index (κ3) is 4.16. The van der Waals surface area contributed by atoms with Gasteiger partial charge in [-0.25, -0.2) is 4.39 Å². The summed E-state index contributed by atoms with van der Waals surface area (Å²) in [6, 6.07) is 11.3. The Balaban J connectivity index is 2.20. The van der Waals surface area contributed by atoms with Crippen molar-refractivity contribution < 1.29 is 14.0 Å². The number of benzene rings is 2. The van der Waals surface area contributed by atoms with Crippen LogP contribution in [-0.4, -0.2) is 18.4 Å². The van der Waals surface area contributed by atoms with Crippen LogP contribution in [0.5, 0.6) is 0 Å². The first-order chi connectivity index (χ1) is 10.9. The molecule has 0 aliphatic rings. The van der Waals surface area contributed by atoms with Crippen LogP contribution < -0.4 is 10.2 Å². The zero-order valence-electron chi connectivity index (χ0n) is 13.4. The van der Waals surface area contributed by atoms with E-state index in [1.165, 1.54) is 30.0 Å². The highest BCUT2D eigenvalue weighted by Gasteiger charge is 2.19. The fourth-order valence-corrected chi connectivity index (χ4v) is 2.49. The summed E-state index contributed by atoms with van der Waals surface area (Å²) in [5.41, 5.74) is 2.92. The Labute approximate surface area is 134 Å². The number of halogens is 1. The van der Waals surface area contributed by atoms with Gasteiger partial charge in [-0.3, -0.25) is 9.59 Å². The van der Waals surface area contributed by atoms with Gasteiger partial charge in [0.2, 0.25) is 11.8 Å². The average Bonchev–Trinajstić information content (AvgIpc) is 2.45. The summed E-state index contributed by atoms with van der Waals surface area (Å²) in [6.07, 6.45) is 0. The van der Waals surface area contributed by atoms with Gasteiger partial charge >= 0.3 is 0 Å². The predicted octanol–water partition coefficient (Wildman–Crippen LogP) is 3.43. The molecule has 0 atom stereocenters. The lowest BCUT2D eigenvalue weighted by Crippen LogP contribution is -2.37. The molecule has 4 nitrogen and oxygen atoms in total. The molecule has 0 saturated heterocycles. The van der Waals surface area contributed by atoms with E-state index in [1.54, 1.807) is 6.07 Å². The van der Waals surface area contributed by atoms with E-state index in [1.807, 2.05) is 32.0 Å². The number of amides is 2. The summed E-state index contributed by atoms with van der Waals surface area (Å²) >= 11 is 0. The minimum atomic E-state index is -0.430. The van der Waals surface area contributed by atoms with Crippen molar-refractivity contribution in [2.24, 2.45) is 0 Å². The topological polar surface area (TPSA) is 49.4 Å². The van der Waals surface area contributed by atoms with Crippen LogP contribution in [0.2, 0.25) is 0 Å². The minimum absolute atomic E-state index is 0.127. The van der Waals surface area contributed by atoms with Gasteiger partial charge in [0.1, 0.15) is 12.4 Å². The molecule has 0 heterocycles. The largest absolute Gasteiger partial charge is 0.324 e. The zero-order chi connectivity index (χ0) is 17.0. The smallest absolute Gasteiger partial charge is 0.244 e. The summed E-state index contributed by atoms with van der Waals surface area (Å²) in [7, 11) is 0. The summed E-state index contributed by atoms with van der Waals surface area (Å²) < 4.78 is 13.2. The molecule has 120 valence electrons. The molecule has 1 N–H and O–H groups in total. The van der Waals surface area contributed by atoms with Crippen LogP contribution in [0.25, 0.3) is 0 Å². The molecule has 2 amide bonds. The maximum absolute atomic E-state index is 13.2. The third-order valence-corrected chi connectivity index (χ3v) is 3.50. The molecule has 5 heteroatoms. The summed E-state index contributed by atoms with van der Waals surface area (Å²) in [4.78, 5) is 25.6. The van der Waals surface area contributed by atoms with E-state index in [9.17, 15) is 14.0 Å². The Morgan fingerprint density at radius 3 is 2.26 bits per heavy atom. The van der Waals surface area contributed by atoms with Crippen molar-refractivity contribution >= 4 is 23.2 Å². The van der Waals surface area contributed by atoms with Crippen molar-refractivity contribution in [3.63, 3.8) is 0 Å². The van der Waals surface area contributed by atoms with Crippen LogP contribution in [0.4, 0.5) is 15.8 Å². The van der Waals surface area contributed by atoms with Crippen molar-refractivity contribution in [1.82, 2.24) is 0 Å². The number of nitrogens with zero attached hydrogens (tertiary/aromatic N) is 1. The van der Waals surface area contributed by atoms with Gasteiger partial charge in [-0.1, -0.05) is 24.3 Å². The molecular weight excluding hydrogens is 295 g/mol. The highest BCUT2D eigenvalue weighted by atomic mass is 19.1. The first-order valence-corrected chi connectivity index (χ1v) is 7.28. The maximum atomic E-state index is 13.2. The number of hydrogen-bond acceptors (Lipinski definition) is 2. The van der Waals surface area contributed by atoms with Gasteiger partial charge in [-0.2, -0.15) is 0 Å². The molecule has 0 radical (unpaired) electrons. The highest BCUT2D eigenvalue weighted by Crippen LogP contribution is 2.24. The first kappa shape index (κ1) is 16.7. The number of aryl methyl sites for hydroxylation is 2. The van der Waals surface area contributed by atoms with Crippen LogP contribution >= 0.6 is 0 Å². The molecule has 23 heavy (non-hydrogen) atoms. The van der Waals surface area contributed by atoms with Gasteiger partial charge < -0.3 is 10.2 Å². The van der Waals surface area contributed by atoms with Crippen LogP contribution in [-0.2, 0) is 9.59 Å². The second kappa shape index (κ2) is 7.05. The molecule has 0 saturated carbocycles. The van der Waals surface area contributed by atoms with Crippen molar-refractivity contribution in [2.45, 2.75) is 20.8 Å². The van der Waals surface area contributed by atoms with Crippen molar-refractivity contribution in [2.75, 3.05) is 16.8 Å². The van der Waals surface area contributed by atoms with Gasteiger partial charge in [0.15, 0.2) is 0 Å². The van der Waals surface area contributed by atoms with Gasteiger partial charge in [0.25, 0.3) is 0 Å². The quantitative estimate of drug-likeness (QED) is 0.940. The Morgan fingerprint density at radius 1 is 1.09 bits per heavy atom. The van der Waals surface area contributed by atoms with E-state index in [2.05, 4.69) is 5.32 Å². The Morgan fingerprint density at radius 2 is 1.70 bits per heavy atom. The van der Waals surface area contributed by atoms with E-state index in [0.717, 1.165) is 16.8 Å². The number of para-hydroxylation sites is 1. The van der Waals surface area contributed by atoms with Crippen LogP contribution in [0.1, 0.15) is 18.1 Å². The van der Waals surface area contributed by atoms with E-state index in [4.69, 9.17) is 0 Å². The lowest BCUT2D eigenvalue weighted by atomic mass is 10.1. The molecule has 2 rings (SSSR count). The number of carbonyl (C=O) groups is 2. The SMILES string of the molecule is CC(=O)N(CC(=O)Nc1cccc(F)c1)c1c(C)cccc1C. The lowest BCUT2D eigenvalue weighted by Gasteiger charge is -2.24. The van der Waals surface area contributed by atoms with E-state index >= 15 is 0 Å². The van der Waals surface area contributed by atoms with Gasteiger partial charge in [-0.05, 0) is 43.2 Å². The fourth-order valence-electron chi connectivity index (χ4n) is 2.49. The molecule has 0 aromatic heterocycles. The van der Waals surface area contributed by atoms with Crippen LogP contribution in [0.15, 0.2) is 42.5 Å². The van der Waals surface area contributed by atoms with Crippen molar-refractivity contribution in [3.8, 4) is 0 Å². The molecule has 0 bridgehead atoms.